The zero-order valence-corrected chi connectivity index (χ0v) is 28.9. The zero-order chi connectivity index (χ0) is 32.5. The molecule has 0 amide bonds. The minimum atomic E-state index is -1.17. The molecule has 0 saturated heterocycles. The molecule has 3 aromatic carbocycles. The van der Waals surface area contributed by atoms with Gasteiger partial charge in [-0.3, -0.25) is 9.10 Å². The number of carbonyl (C=O) groups excluding carboxylic acids is 1. The second-order valence-corrected chi connectivity index (χ2v) is 12.8. The van der Waals surface area contributed by atoms with Crippen molar-refractivity contribution < 1.29 is 9.00 Å². The predicted octanol–water partition coefficient (Wildman–Crippen LogP) is 8.44. The van der Waals surface area contributed by atoms with Crippen molar-refractivity contribution in [2.45, 2.75) is 79.3 Å². The number of rotatable bonds is 15. The smallest absolute Gasteiger partial charge is 0.159 e. The number of nitrogens with one attached hydrogen (secondary N) is 2. The first-order valence-corrected chi connectivity index (χ1v) is 17.7. The quantitative estimate of drug-likeness (QED) is 0.168. The Morgan fingerprint density at radius 1 is 0.977 bits per heavy atom. The molecule has 6 heteroatoms. The van der Waals surface area contributed by atoms with Crippen LogP contribution in [-0.4, -0.2) is 35.9 Å². The Hall–Kier alpha value is -3.22. The van der Waals surface area contributed by atoms with Crippen LogP contribution in [-0.2, 0) is 24.0 Å². The Bertz CT molecular complexity index is 1290. The van der Waals surface area contributed by atoms with Gasteiger partial charge in [0.1, 0.15) is 11.0 Å². The van der Waals surface area contributed by atoms with Crippen molar-refractivity contribution >= 4 is 28.2 Å². The lowest BCUT2D eigenvalue weighted by molar-refractivity contribution is 0.101. The summed E-state index contributed by atoms with van der Waals surface area (Å²) in [6.07, 6.45) is 8.26. The highest BCUT2D eigenvalue weighted by molar-refractivity contribution is 7.85. The van der Waals surface area contributed by atoms with E-state index in [-0.39, 0.29) is 5.78 Å². The van der Waals surface area contributed by atoms with Gasteiger partial charge in [0.15, 0.2) is 5.78 Å². The zero-order valence-electron chi connectivity index (χ0n) is 28.1. The Balaban J connectivity index is 0.000000301. The molecule has 1 fully saturated rings. The molecular formula is C38H55N3O2S. The summed E-state index contributed by atoms with van der Waals surface area (Å²) < 4.78 is 13.4. The number of hydrogen-bond acceptors (Lipinski definition) is 4. The molecule has 1 saturated carbocycles. The van der Waals surface area contributed by atoms with Crippen LogP contribution >= 0.6 is 0 Å². The third kappa shape index (κ3) is 13.2. The third-order valence-electron chi connectivity index (χ3n) is 8.05. The van der Waals surface area contributed by atoms with Crippen LogP contribution in [0.4, 0.5) is 5.69 Å². The van der Waals surface area contributed by atoms with Gasteiger partial charge in [-0.2, -0.15) is 0 Å². The van der Waals surface area contributed by atoms with Crippen molar-refractivity contribution in [3.05, 3.63) is 108 Å². The van der Waals surface area contributed by atoms with Gasteiger partial charge in [0, 0.05) is 37.2 Å². The summed E-state index contributed by atoms with van der Waals surface area (Å²) in [5, 5.41) is 6.95. The lowest BCUT2D eigenvalue weighted by atomic mass is 9.86. The maximum atomic E-state index is 11.8. The molecule has 0 radical (unpaired) electrons. The van der Waals surface area contributed by atoms with Crippen LogP contribution in [0.5, 0.6) is 0 Å². The second-order valence-electron chi connectivity index (χ2n) is 11.4. The molecule has 0 aliphatic heterocycles. The van der Waals surface area contributed by atoms with Crippen molar-refractivity contribution in [1.29, 1.82) is 0 Å². The van der Waals surface area contributed by atoms with Gasteiger partial charge in [-0.25, -0.2) is 4.21 Å². The largest absolute Gasteiger partial charge is 0.381 e. The number of anilines is 1. The molecule has 1 aliphatic carbocycles. The normalized spacial score (nSPS) is 14.1. The number of carbonyl (C=O) groups is 1. The number of nitrogens with zero attached hydrogens (tertiary/aromatic N) is 1. The van der Waals surface area contributed by atoms with Gasteiger partial charge < -0.3 is 10.6 Å². The summed E-state index contributed by atoms with van der Waals surface area (Å²) in [7, 11) is 0.570. The molecule has 2 N–H and O–H groups in total. The van der Waals surface area contributed by atoms with Gasteiger partial charge in [0.05, 0.1) is 5.69 Å². The minimum Gasteiger partial charge on any atom is -0.381 e. The van der Waals surface area contributed by atoms with E-state index in [2.05, 4.69) is 61.4 Å². The van der Waals surface area contributed by atoms with E-state index >= 15 is 0 Å². The SMILES string of the molecule is C=C(NCc1ccccc1)c1cc(C(C)=O)cc(N(C)S(C)=O)c1.CC.CCC(CCc1ccccc1)C(C)CNC1CC1. The summed E-state index contributed by atoms with van der Waals surface area (Å²) in [5.41, 5.74) is 5.46. The molecule has 0 aromatic heterocycles. The lowest BCUT2D eigenvalue weighted by Gasteiger charge is -2.23. The maximum Gasteiger partial charge on any atom is 0.159 e. The van der Waals surface area contributed by atoms with E-state index in [9.17, 15) is 9.00 Å². The van der Waals surface area contributed by atoms with Crippen LogP contribution in [0.3, 0.4) is 0 Å². The standard InChI is InChI=1S/C19H22N2O2S.C17H27N.C2H6/c1-14(20-13-16-8-6-5-7-9-16)17-10-18(15(2)22)12-19(11-17)21(3)24(4)23;1-3-16(14(2)13-18-17-11-12-17)10-9-15-7-5-4-6-8-15;1-2/h5-12,20H,1,13H2,2-4H3;4-8,14,16-18H,3,9-13H2,1-2H3;1-2H3. The number of aryl methyl sites for hydroxylation is 1. The van der Waals surface area contributed by atoms with Crippen LogP contribution in [0, 0.1) is 11.8 Å². The highest BCUT2D eigenvalue weighted by atomic mass is 32.2. The van der Waals surface area contributed by atoms with E-state index in [4.69, 9.17) is 0 Å². The van der Waals surface area contributed by atoms with Crippen molar-refractivity contribution in [2.75, 3.05) is 24.2 Å². The molecule has 3 atom stereocenters. The molecule has 1 aliphatic rings. The molecule has 3 unspecified atom stereocenters. The second kappa shape index (κ2) is 19.9. The first-order chi connectivity index (χ1) is 21.2. The van der Waals surface area contributed by atoms with Gasteiger partial charge in [-0.15, -0.1) is 0 Å². The van der Waals surface area contributed by atoms with E-state index < -0.39 is 11.0 Å². The van der Waals surface area contributed by atoms with Crippen molar-refractivity contribution in [2.24, 2.45) is 11.8 Å². The number of hydrogen-bond donors (Lipinski definition) is 2. The van der Waals surface area contributed by atoms with Crippen LogP contribution in [0.1, 0.15) is 87.4 Å². The lowest BCUT2D eigenvalue weighted by Crippen LogP contribution is -2.28. The Morgan fingerprint density at radius 3 is 2.07 bits per heavy atom. The van der Waals surface area contributed by atoms with Crippen LogP contribution in [0.15, 0.2) is 85.4 Å². The Kier molecular flexibility index (Phi) is 16.8. The van der Waals surface area contributed by atoms with E-state index in [1.54, 1.807) is 29.7 Å². The van der Waals surface area contributed by atoms with Gasteiger partial charge in [-0.05, 0) is 85.9 Å². The van der Waals surface area contributed by atoms with E-state index in [1.165, 1.54) is 51.1 Å². The first-order valence-electron chi connectivity index (χ1n) is 16.2. The average molecular weight is 618 g/mol. The van der Waals surface area contributed by atoms with E-state index in [1.807, 2.05) is 50.2 Å². The molecule has 3 aromatic rings. The maximum absolute atomic E-state index is 11.8. The predicted molar refractivity (Wildman–Crippen MR) is 191 cm³/mol. The Labute approximate surface area is 270 Å². The molecule has 5 nitrogen and oxygen atoms in total. The van der Waals surface area contributed by atoms with Crippen LogP contribution in [0.2, 0.25) is 0 Å². The molecule has 0 spiro atoms. The molecule has 4 rings (SSSR count). The summed E-state index contributed by atoms with van der Waals surface area (Å²) in [6, 6.07) is 27.2. The van der Waals surface area contributed by atoms with Crippen molar-refractivity contribution in [1.82, 2.24) is 10.6 Å². The minimum absolute atomic E-state index is 0.0377. The topological polar surface area (TPSA) is 61.4 Å². The van der Waals surface area contributed by atoms with Crippen molar-refractivity contribution in [3.8, 4) is 0 Å². The van der Waals surface area contributed by atoms with Crippen LogP contribution < -0.4 is 14.9 Å². The molecule has 0 bridgehead atoms. The molecule has 0 heterocycles. The summed E-state index contributed by atoms with van der Waals surface area (Å²) in [4.78, 5) is 11.8. The fourth-order valence-corrected chi connectivity index (χ4v) is 5.32. The fourth-order valence-electron chi connectivity index (χ4n) is 4.92. The molecule has 44 heavy (non-hydrogen) atoms. The monoisotopic (exact) mass is 617 g/mol. The third-order valence-corrected chi connectivity index (χ3v) is 9.03. The van der Waals surface area contributed by atoms with Crippen molar-refractivity contribution in [3.63, 3.8) is 0 Å². The van der Waals surface area contributed by atoms with Crippen LogP contribution in [0.25, 0.3) is 5.70 Å². The molecule has 240 valence electrons. The van der Waals surface area contributed by atoms with E-state index in [0.717, 1.165) is 40.4 Å². The summed E-state index contributed by atoms with van der Waals surface area (Å²) in [5.74, 6) is 1.63. The summed E-state index contributed by atoms with van der Waals surface area (Å²) >= 11 is 0. The number of ketones is 1. The Morgan fingerprint density at radius 2 is 1.55 bits per heavy atom. The summed E-state index contributed by atoms with van der Waals surface area (Å²) in [6.45, 7) is 16.2. The highest BCUT2D eigenvalue weighted by Crippen LogP contribution is 2.25. The van der Waals surface area contributed by atoms with E-state index in [0.29, 0.717) is 12.1 Å². The number of benzene rings is 3. The van der Waals surface area contributed by atoms with Gasteiger partial charge in [-0.1, -0.05) is 101 Å². The number of Topliss-reactive ketones (excluding diaryl/α,β-unsaturated/α-hetero) is 1. The van der Waals surface area contributed by atoms with Gasteiger partial charge in [0.25, 0.3) is 0 Å². The highest BCUT2D eigenvalue weighted by Gasteiger charge is 2.23. The average Bonchev–Trinajstić information content (AvgIpc) is 3.89. The van der Waals surface area contributed by atoms with Gasteiger partial charge >= 0.3 is 0 Å². The first kappa shape index (κ1) is 37.0. The molecular weight excluding hydrogens is 563 g/mol. The van der Waals surface area contributed by atoms with Gasteiger partial charge in [0.2, 0.25) is 0 Å². The fraction of sp³-hybridized carbons (Fsp3) is 0.447.